The van der Waals surface area contributed by atoms with Gasteiger partial charge in [-0.1, -0.05) is 12.1 Å². The van der Waals surface area contributed by atoms with E-state index in [1.165, 1.54) is 12.2 Å². The van der Waals surface area contributed by atoms with E-state index in [-0.39, 0.29) is 18.0 Å². The van der Waals surface area contributed by atoms with Crippen molar-refractivity contribution in [2.45, 2.75) is 13.0 Å². The lowest BCUT2D eigenvalue weighted by Gasteiger charge is -2.14. The zero-order valence-corrected chi connectivity index (χ0v) is 18.8. The lowest BCUT2D eigenvalue weighted by atomic mass is 10.1. The minimum absolute atomic E-state index is 0.203. The highest BCUT2D eigenvalue weighted by Gasteiger charge is 2.07. The molecule has 6 heteroatoms. The number of carbonyl (C=O) groups is 2. The molecule has 164 valence electrons. The van der Waals surface area contributed by atoms with Crippen molar-refractivity contribution in [3.8, 4) is 11.5 Å². The van der Waals surface area contributed by atoms with Crippen LogP contribution in [-0.2, 0) is 16.1 Å². The second-order valence-corrected chi connectivity index (χ2v) is 7.20. The molecule has 0 aliphatic rings. The van der Waals surface area contributed by atoms with E-state index in [1.54, 1.807) is 26.4 Å². The maximum absolute atomic E-state index is 12.2. The van der Waals surface area contributed by atoms with Crippen LogP contribution in [0.15, 0.2) is 48.6 Å². The third kappa shape index (κ3) is 7.12. The Balaban J connectivity index is 2.02. The van der Waals surface area contributed by atoms with E-state index in [0.29, 0.717) is 11.5 Å². The largest absolute Gasteiger partial charge is 0.496 e. The van der Waals surface area contributed by atoms with Crippen LogP contribution in [0.2, 0.25) is 0 Å². The van der Waals surface area contributed by atoms with Crippen molar-refractivity contribution in [3.05, 3.63) is 65.2 Å². The first-order valence-corrected chi connectivity index (χ1v) is 9.96. The van der Waals surface area contributed by atoms with E-state index in [2.05, 4.69) is 5.32 Å². The van der Waals surface area contributed by atoms with Gasteiger partial charge in [0.05, 0.1) is 20.6 Å². The third-order valence-corrected chi connectivity index (χ3v) is 4.66. The lowest BCUT2D eigenvalue weighted by molar-refractivity contribution is -0.121. The Morgan fingerprint density at radius 2 is 1.45 bits per heavy atom. The summed E-state index contributed by atoms with van der Waals surface area (Å²) >= 11 is 0. The fourth-order valence-corrected chi connectivity index (χ4v) is 2.98. The molecule has 0 unspecified atom stereocenters. The monoisotopic (exact) mass is 422 g/mol. The topological polar surface area (TPSA) is 67.9 Å². The number of hydrogen-bond donors (Lipinski definition) is 1. The second kappa shape index (κ2) is 11.7. The molecule has 2 aromatic carbocycles. The predicted molar refractivity (Wildman–Crippen MR) is 126 cm³/mol. The van der Waals surface area contributed by atoms with Gasteiger partial charge in [0.25, 0.3) is 0 Å². The first kappa shape index (κ1) is 23.9. The van der Waals surface area contributed by atoms with E-state index in [4.69, 9.17) is 9.47 Å². The van der Waals surface area contributed by atoms with Gasteiger partial charge in [-0.25, -0.2) is 0 Å². The van der Waals surface area contributed by atoms with Gasteiger partial charge in [0, 0.05) is 43.5 Å². The number of methoxy groups -OCH3 is 2. The van der Waals surface area contributed by atoms with Crippen LogP contribution >= 0.6 is 0 Å². The summed E-state index contributed by atoms with van der Waals surface area (Å²) in [5, 5.41) is 3.08. The van der Waals surface area contributed by atoms with E-state index < -0.39 is 0 Å². The molecular weight excluding hydrogens is 392 g/mol. The second-order valence-electron chi connectivity index (χ2n) is 7.20. The highest BCUT2D eigenvalue weighted by molar-refractivity contribution is 6.11. The first-order valence-electron chi connectivity index (χ1n) is 9.96. The zero-order chi connectivity index (χ0) is 22.8. The van der Waals surface area contributed by atoms with Gasteiger partial charge in [-0.05, 0) is 55.1 Å². The number of anilines is 1. The molecule has 0 aliphatic carbocycles. The van der Waals surface area contributed by atoms with Gasteiger partial charge in [0.15, 0.2) is 11.6 Å². The average Bonchev–Trinajstić information content (AvgIpc) is 2.76. The van der Waals surface area contributed by atoms with E-state index >= 15 is 0 Å². The molecule has 0 amide bonds. The molecule has 0 heterocycles. The summed E-state index contributed by atoms with van der Waals surface area (Å²) in [5.74, 6) is 0.794. The summed E-state index contributed by atoms with van der Waals surface area (Å²) in [6.45, 7) is 0.725. The SMILES string of the molecule is CNCc1ccc(/C=C/C(=O)CC(=O)/C=C/c2ccc(N(C)C)cc2OC)c(OC)c1. The van der Waals surface area contributed by atoms with Crippen molar-refractivity contribution in [2.75, 3.05) is 40.3 Å². The Morgan fingerprint density at radius 3 is 1.97 bits per heavy atom. The Labute approximate surface area is 184 Å². The smallest absolute Gasteiger partial charge is 0.163 e. The number of hydrogen-bond acceptors (Lipinski definition) is 6. The highest BCUT2D eigenvalue weighted by atomic mass is 16.5. The normalized spacial score (nSPS) is 11.1. The van der Waals surface area contributed by atoms with Crippen LogP contribution in [0.3, 0.4) is 0 Å². The van der Waals surface area contributed by atoms with Gasteiger partial charge in [-0.2, -0.15) is 0 Å². The predicted octanol–water partition coefficient (Wildman–Crippen LogP) is 3.74. The summed E-state index contributed by atoms with van der Waals surface area (Å²) in [5.41, 5.74) is 3.63. The Bertz CT molecular complexity index is 977. The van der Waals surface area contributed by atoms with Gasteiger partial charge in [0.1, 0.15) is 11.5 Å². The molecule has 0 fully saturated rings. The van der Waals surface area contributed by atoms with Crippen molar-refractivity contribution in [3.63, 3.8) is 0 Å². The van der Waals surface area contributed by atoms with Gasteiger partial charge in [-0.15, -0.1) is 0 Å². The van der Waals surface area contributed by atoms with Crippen LogP contribution in [0.5, 0.6) is 11.5 Å². The van der Waals surface area contributed by atoms with Gasteiger partial charge in [0.2, 0.25) is 0 Å². The quantitative estimate of drug-likeness (QED) is 0.440. The van der Waals surface area contributed by atoms with Crippen molar-refractivity contribution < 1.29 is 19.1 Å². The molecule has 0 atom stereocenters. The number of rotatable bonds is 11. The van der Waals surface area contributed by atoms with Crippen LogP contribution in [0.25, 0.3) is 12.2 Å². The molecule has 1 N–H and O–H groups in total. The van der Waals surface area contributed by atoms with Crippen LogP contribution in [0.1, 0.15) is 23.1 Å². The van der Waals surface area contributed by atoms with Crippen LogP contribution in [0.4, 0.5) is 5.69 Å². The highest BCUT2D eigenvalue weighted by Crippen LogP contribution is 2.26. The van der Waals surface area contributed by atoms with Gasteiger partial charge < -0.3 is 19.7 Å². The Morgan fingerprint density at radius 1 is 0.903 bits per heavy atom. The maximum atomic E-state index is 12.2. The van der Waals surface area contributed by atoms with Crippen molar-refractivity contribution in [2.24, 2.45) is 0 Å². The molecule has 31 heavy (non-hydrogen) atoms. The van der Waals surface area contributed by atoms with Gasteiger partial charge in [-0.3, -0.25) is 9.59 Å². The van der Waals surface area contributed by atoms with E-state index in [0.717, 1.165) is 28.9 Å². The number of benzene rings is 2. The molecule has 0 aromatic heterocycles. The lowest BCUT2D eigenvalue weighted by Crippen LogP contribution is -2.08. The van der Waals surface area contributed by atoms with Crippen molar-refractivity contribution >= 4 is 29.4 Å². The standard InChI is InChI=1S/C25H30N2O4/c1-26-17-18-6-7-19(24(14-18)30-4)9-12-22(28)16-23(29)13-10-20-8-11-21(27(2)3)15-25(20)31-5/h6-15,26H,16-17H2,1-5H3/b12-9+,13-10+. The molecule has 2 rings (SSSR count). The first-order chi connectivity index (χ1) is 14.9. The molecule has 0 spiro atoms. The van der Waals surface area contributed by atoms with Crippen LogP contribution in [0, 0.1) is 0 Å². The van der Waals surface area contributed by atoms with Crippen molar-refractivity contribution in [1.82, 2.24) is 5.32 Å². The molecule has 6 nitrogen and oxygen atoms in total. The Hall–Kier alpha value is -3.38. The summed E-state index contributed by atoms with van der Waals surface area (Å²) in [7, 11) is 8.94. The summed E-state index contributed by atoms with van der Waals surface area (Å²) in [6.07, 6.45) is 5.95. The molecule has 0 radical (unpaired) electrons. The fraction of sp³-hybridized carbons (Fsp3) is 0.280. The zero-order valence-electron chi connectivity index (χ0n) is 18.8. The van der Waals surface area contributed by atoms with Crippen LogP contribution < -0.4 is 19.7 Å². The molecule has 0 saturated carbocycles. The van der Waals surface area contributed by atoms with E-state index in [9.17, 15) is 9.59 Å². The number of ether oxygens (including phenoxy) is 2. The van der Waals surface area contributed by atoms with Crippen molar-refractivity contribution in [1.29, 1.82) is 0 Å². The number of ketones is 2. The third-order valence-electron chi connectivity index (χ3n) is 4.66. The summed E-state index contributed by atoms with van der Waals surface area (Å²) < 4.78 is 10.8. The Kier molecular flexibility index (Phi) is 9.03. The number of allylic oxidation sites excluding steroid dienone is 2. The average molecular weight is 423 g/mol. The number of carbonyl (C=O) groups excluding carboxylic acids is 2. The fourth-order valence-electron chi connectivity index (χ4n) is 2.98. The summed E-state index contributed by atoms with van der Waals surface area (Å²) in [4.78, 5) is 26.4. The molecule has 0 aliphatic heterocycles. The number of nitrogens with zero attached hydrogens (tertiary/aromatic N) is 1. The molecular formula is C25H30N2O4. The molecule has 0 bridgehead atoms. The van der Waals surface area contributed by atoms with Crippen LogP contribution in [-0.4, -0.2) is 46.9 Å². The summed E-state index contributed by atoms with van der Waals surface area (Å²) in [6, 6.07) is 11.5. The minimum atomic E-state index is -0.273. The van der Waals surface area contributed by atoms with E-state index in [1.807, 2.05) is 62.4 Å². The molecule has 0 saturated heterocycles. The molecule has 2 aromatic rings. The number of nitrogens with one attached hydrogen (secondary N) is 1. The van der Waals surface area contributed by atoms with Gasteiger partial charge >= 0.3 is 0 Å². The maximum Gasteiger partial charge on any atom is 0.163 e. The minimum Gasteiger partial charge on any atom is -0.496 e.